The Hall–Kier alpha value is -0.610. The summed E-state index contributed by atoms with van der Waals surface area (Å²) in [7, 11) is 0. The van der Waals surface area contributed by atoms with E-state index in [2.05, 4.69) is 26.1 Å². The molecule has 1 heterocycles. The minimum atomic E-state index is -0.249. The van der Waals surface area contributed by atoms with Crippen molar-refractivity contribution in [2.75, 3.05) is 19.6 Å². The van der Waals surface area contributed by atoms with Gasteiger partial charge in [0.15, 0.2) is 0 Å². The van der Waals surface area contributed by atoms with E-state index in [1.807, 2.05) is 4.90 Å². The van der Waals surface area contributed by atoms with Crippen molar-refractivity contribution in [1.82, 2.24) is 10.2 Å². The van der Waals surface area contributed by atoms with E-state index in [0.717, 1.165) is 25.8 Å². The smallest absolute Gasteiger partial charge is 0.234 e. The molecule has 1 saturated heterocycles. The Morgan fingerprint density at radius 1 is 1.41 bits per heavy atom. The fourth-order valence-electron chi connectivity index (χ4n) is 2.13. The van der Waals surface area contributed by atoms with Crippen molar-refractivity contribution in [3.63, 3.8) is 0 Å². The molecule has 0 saturated carbocycles. The van der Waals surface area contributed by atoms with Crippen LogP contribution in [0.5, 0.6) is 0 Å². The largest absolute Gasteiger partial charge is 0.392 e. The summed E-state index contributed by atoms with van der Waals surface area (Å²) in [6, 6.07) is 0.248. The SMILES string of the molecule is CC(C)CCC(C)NC(=O)CN1CCC(O)C1. The summed E-state index contributed by atoms with van der Waals surface area (Å²) in [4.78, 5) is 13.7. The van der Waals surface area contributed by atoms with Crippen LogP contribution in [0.3, 0.4) is 0 Å². The highest BCUT2D eigenvalue weighted by atomic mass is 16.3. The first kappa shape index (κ1) is 14.5. The van der Waals surface area contributed by atoms with Crippen molar-refractivity contribution in [2.45, 2.75) is 52.2 Å². The maximum absolute atomic E-state index is 11.7. The zero-order valence-corrected chi connectivity index (χ0v) is 11.3. The lowest BCUT2D eigenvalue weighted by Crippen LogP contribution is -2.40. The highest BCUT2D eigenvalue weighted by molar-refractivity contribution is 5.78. The summed E-state index contributed by atoms with van der Waals surface area (Å²) in [5.74, 6) is 0.762. The van der Waals surface area contributed by atoms with Gasteiger partial charge in [0, 0.05) is 19.1 Å². The highest BCUT2D eigenvalue weighted by Crippen LogP contribution is 2.09. The first-order valence-corrected chi connectivity index (χ1v) is 6.67. The maximum Gasteiger partial charge on any atom is 0.234 e. The molecule has 100 valence electrons. The van der Waals surface area contributed by atoms with E-state index in [0.29, 0.717) is 19.0 Å². The number of amides is 1. The van der Waals surface area contributed by atoms with Gasteiger partial charge in [-0.25, -0.2) is 0 Å². The number of rotatable bonds is 6. The van der Waals surface area contributed by atoms with Gasteiger partial charge < -0.3 is 10.4 Å². The zero-order chi connectivity index (χ0) is 12.8. The molecule has 4 nitrogen and oxygen atoms in total. The molecule has 1 aliphatic heterocycles. The van der Waals surface area contributed by atoms with Crippen molar-refractivity contribution >= 4 is 5.91 Å². The normalized spacial score (nSPS) is 23.0. The average Bonchev–Trinajstić information content (AvgIpc) is 2.60. The zero-order valence-electron chi connectivity index (χ0n) is 11.3. The Morgan fingerprint density at radius 2 is 2.12 bits per heavy atom. The van der Waals surface area contributed by atoms with Crippen LogP contribution in [0.15, 0.2) is 0 Å². The molecular formula is C13H26N2O2. The molecule has 0 bridgehead atoms. The molecule has 1 aliphatic rings. The summed E-state index contributed by atoms with van der Waals surface area (Å²) < 4.78 is 0. The topological polar surface area (TPSA) is 52.6 Å². The van der Waals surface area contributed by atoms with Crippen LogP contribution in [0.25, 0.3) is 0 Å². The maximum atomic E-state index is 11.7. The van der Waals surface area contributed by atoms with E-state index in [4.69, 9.17) is 0 Å². The molecule has 0 aliphatic carbocycles. The van der Waals surface area contributed by atoms with Gasteiger partial charge in [0.25, 0.3) is 0 Å². The molecule has 1 rings (SSSR count). The predicted molar refractivity (Wildman–Crippen MR) is 68.7 cm³/mol. The molecule has 2 atom stereocenters. The lowest BCUT2D eigenvalue weighted by atomic mass is 10.0. The van der Waals surface area contributed by atoms with Gasteiger partial charge in [0.2, 0.25) is 5.91 Å². The van der Waals surface area contributed by atoms with Crippen LogP contribution in [-0.4, -0.2) is 47.7 Å². The number of nitrogens with zero attached hydrogens (tertiary/aromatic N) is 1. The third-order valence-electron chi connectivity index (χ3n) is 3.20. The number of β-amino-alcohol motifs (C(OH)–C–C–N with tert-alkyl or cyclic N) is 1. The molecule has 0 aromatic carbocycles. The van der Waals surface area contributed by atoms with Gasteiger partial charge in [-0.05, 0) is 32.1 Å². The van der Waals surface area contributed by atoms with E-state index in [1.165, 1.54) is 0 Å². The van der Waals surface area contributed by atoms with Crippen LogP contribution in [0.2, 0.25) is 0 Å². The Labute approximate surface area is 104 Å². The number of nitrogens with one attached hydrogen (secondary N) is 1. The molecule has 0 spiro atoms. The Balaban J connectivity index is 2.15. The second kappa shape index (κ2) is 6.97. The van der Waals surface area contributed by atoms with Crippen molar-refractivity contribution in [2.24, 2.45) is 5.92 Å². The van der Waals surface area contributed by atoms with Crippen molar-refractivity contribution < 1.29 is 9.90 Å². The lowest BCUT2D eigenvalue weighted by molar-refractivity contribution is -0.122. The molecule has 4 heteroatoms. The van der Waals surface area contributed by atoms with Gasteiger partial charge in [-0.3, -0.25) is 9.69 Å². The number of aliphatic hydroxyl groups excluding tert-OH is 1. The van der Waals surface area contributed by atoms with Crippen molar-refractivity contribution in [3.8, 4) is 0 Å². The Kier molecular flexibility index (Phi) is 5.92. The number of hydrogen-bond acceptors (Lipinski definition) is 3. The van der Waals surface area contributed by atoms with E-state index in [-0.39, 0.29) is 18.1 Å². The van der Waals surface area contributed by atoms with Gasteiger partial charge in [0.05, 0.1) is 12.6 Å². The summed E-state index contributed by atoms with van der Waals surface area (Å²) in [5.41, 5.74) is 0. The number of carbonyl (C=O) groups excluding carboxylic acids is 1. The molecular weight excluding hydrogens is 216 g/mol. The molecule has 2 N–H and O–H groups in total. The monoisotopic (exact) mass is 242 g/mol. The first-order chi connectivity index (χ1) is 7.97. The third-order valence-corrected chi connectivity index (χ3v) is 3.20. The van der Waals surface area contributed by atoms with Gasteiger partial charge in [-0.2, -0.15) is 0 Å². The number of likely N-dealkylation sites (tertiary alicyclic amines) is 1. The quantitative estimate of drug-likeness (QED) is 0.730. The molecule has 2 unspecified atom stereocenters. The predicted octanol–water partition coefficient (Wildman–Crippen LogP) is 0.994. The molecule has 17 heavy (non-hydrogen) atoms. The van der Waals surface area contributed by atoms with Crippen molar-refractivity contribution in [3.05, 3.63) is 0 Å². The number of aliphatic hydroxyl groups is 1. The molecule has 1 amide bonds. The molecule has 0 aromatic rings. The van der Waals surface area contributed by atoms with Crippen LogP contribution < -0.4 is 5.32 Å². The summed E-state index contributed by atoms with van der Waals surface area (Å²) >= 11 is 0. The van der Waals surface area contributed by atoms with E-state index in [9.17, 15) is 9.90 Å². The summed E-state index contributed by atoms with van der Waals surface area (Å²) in [6.45, 7) is 8.32. The standard InChI is InChI=1S/C13H26N2O2/c1-10(2)4-5-11(3)14-13(17)9-15-7-6-12(16)8-15/h10-12,16H,4-9H2,1-3H3,(H,14,17). The van der Waals surface area contributed by atoms with Crippen LogP contribution >= 0.6 is 0 Å². The second-order valence-corrected chi connectivity index (χ2v) is 5.62. The minimum Gasteiger partial charge on any atom is -0.392 e. The van der Waals surface area contributed by atoms with Gasteiger partial charge in [-0.15, -0.1) is 0 Å². The van der Waals surface area contributed by atoms with Gasteiger partial charge >= 0.3 is 0 Å². The first-order valence-electron chi connectivity index (χ1n) is 6.67. The molecule has 0 aromatic heterocycles. The van der Waals surface area contributed by atoms with Crippen LogP contribution in [0.1, 0.15) is 40.0 Å². The van der Waals surface area contributed by atoms with Crippen molar-refractivity contribution in [1.29, 1.82) is 0 Å². The molecule has 1 fully saturated rings. The fraction of sp³-hybridized carbons (Fsp3) is 0.923. The highest BCUT2D eigenvalue weighted by Gasteiger charge is 2.22. The minimum absolute atomic E-state index is 0.0790. The summed E-state index contributed by atoms with van der Waals surface area (Å²) in [6.07, 6.45) is 2.72. The van der Waals surface area contributed by atoms with Crippen LogP contribution in [-0.2, 0) is 4.79 Å². The molecule has 0 radical (unpaired) electrons. The van der Waals surface area contributed by atoms with Gasteiger partial charge in [0.1, 0.15) is 0 Å². The number of carbonyl (C=O) groups is 1. The Morgan fingerprint density at radius 3 is 2.65 bits per heavy atom. The van der Waals surface area contributed by atoms with Crippen LogP contribution in [0, 0.1) is 5.92 Å². The number of hydrogen-bond donors (Lipinski definition) is 2. The Bertz CT molecular complexity index is 244. The summed E-state index contributed by atoms with van der Waals surface area (Å²) in [5, 5.41) is 12.4. The van der Waals surface area contributed by atoms with E-state index < -0.39 is 0 Å². The fourth-order valence-corrected chi connectivity index (χ4v) is 2.13. The van der Waals surface area contributed by atoms with E-state index >= 15 is 0 Å². The lowest BCUT2D eigenvalue weighted by Gasteiger charge is -2.18. The van der Waals surface area contributed by atoms with Crippen LogP contribution in [0.4, 0.5) is 0 Å². The van der Waals surface area contributed by atoms with Gasteiger partial charge in [-0.1, -0.05) is 13.8 Å². The van der Waals surface area contributed by atoms with E-state index in [1.54, 1.807) is 0 Å². The third kappa shape index (κ3) is 6.03. The second-order valence-electron chi connectivity index (χ2n) is 5.62. The average molecular weight is 242 g/mol.